The first-order valence-corrected chi connectivity index (χ1v) is 11.8. The van der Waals surface area contributed by atoms with E-state index in [1.54, 1.807) is 30.7 Å². The summed E-state index contributed by atoms with van der Waals surface area (Å²) in [7, 11) is 0. The number of fused-ring (bicyclic) bond motifs is 1. The predicted octanol–water partition coefficient (Wildman–Crippen LogP) is 4.12. The Balaban J connectivity index is 1.32. The fourth-order valence-electron chi connectivity index (χ4n) is 3.88. The summed E-state index contributed by atoms with van der Waals surface area (Å²) in [4.78, 5) is 25.8. The first-order chi connectivity index (χ1) is 16.3. The molecule has 0 bridgehead atoms. The molecule has 1 atom stereocenters. The standard InChI is InChI=1S/C23H20ClFN6O2S/c1-12(26-22(33)23(9-10-23)27-21(32)19-13(2)28-30-34-19)15-8-7-14(11-17(15)25)31-18-6-4-3-5-16(18)20(24)29-31/h3-8,11-12H,9-10H2,1-2H3,(H,26,33)(H,27,32)/t12-/m1/s1. The van der Waals surface area contributed by atoms with Crippen LogP contribution < -0.4 is 10.6 Å². The molecule has 0 aliphatic heterocycles. The van der Waals surface area contributed by atoms with Gasteiger partial charge in [-0.25, -0.2) is 9.07 Å². The summed E-state index contributed by atoms with van der Waals surface area (Å²) in [6.45, 7) is 3.39. The number of carbonyl (C=O) groups is 2. The largest absolute Gasteiger partial charge is 0.347 e. The zero-order chi connectivity index (χ0) is 24.0. The summed E-state index contributed by atoms with van der Waals surface area (Å²) >= 11 is 7.21. The highest BCUT2D eigenvalue weighted by Gasteiger charge is 2.51. The number of nitrogens with zero attached hydrogens (tertiary/aromatic N) is 4. The molecule has 1 fully saturated rings. The SMILES string of the molecule is Cc1nnsc1C(=O)NC1(C(=O)N[C@H](C)c2ccc(-n3nc(Cl)c4ccccc43)cc2F)CC1. The molecule has 2 amide bonds. The number of para-hydroxylation sites is 1. The Morgan fingerprint density at radius 2 is 2.00 bits per heavy atom. The van der Waals surface area contributed by atoms with Gasteiger partial charge in [0.05, 0.1) is 22.9 Å². The molecule has 0 unspecified atom stereocenters. The maximum Gasteiger partial charge on any atom is 0.265 e. The highest BCUT2D eigenvalue weighted by atomic mass is 35.5. The van der Waals surface area contributed by atoms with Gasteiger partial charge in [-0.05, 0) is 62.5 Å². The van der Waals surface area contributed by atoms with Gasteiger partial charge in [0, 0.05) is 10.9 Å². The van der Waals surface area contributed by atoms with Crippen molar-refractivity contribution in [3.63, 3.8) is 0 Å². The van der Waals surface area contributed by atoms with Crippen LogP contribution in [0, 0.1) is 12.7 Å². The molecule has 8 nitrogen and oxygen atoms in total. The second kappa shape index (κ2) is 8.44. The normalized spacial score (nSPS) is 15.2. The number of halogens is 2. The van der Waals surface area contributed by atoms with Crippen LogP contribution in [0.5, 0.6) is 0 Å². The van der Waals surface area contributed by atoms with Gasteiger partial charge in [-0.1, -0.05) is 34.3 Å². The van der Waals surface area contributed by atoms with Gasteiger partial charge in [0.15, 0.2) is 5.15 Å². The van der Waals surface area contributed by atoms with Crippen molar-refractivity contribution in [2.24, 2.45) is 0 Å². The zero-order valence-corrected chi connectivity index (χ0v) is 19.9. The van der Waals surface area contributed by atoms with E-state index in [-0.39, 0.29) is 11.8 Å². The quantitative estimate of drug-likeness (QED) is 0.416. The van der Waals surface area contributed by atoms with Crippen molar-refractivity contribution >= 4 is 45.9 Å². The number of aromatic nitrogens is 4. The number of rotatable bonds is 6. The molecule has 1 aliphatic carbocycles. The summed E-state index contributed by atoms with van der Waals surface area (Å²) in [5.41, 5.74) is 1.12. The highest BCUT2D eigenvalue weighted by molar-refractivity contribution is 7.08. The van der Waals surface area contributed by atoms with Crippen LogP contribution in [0.15, 0.2) is 42.5 Å². The average Bonchev–Trinajstić information content (AvgIpc) is 3.34. The number of hydrogen-bond acceptors (Lipinski definition) is 6. The third kappa shape index (κ3) is 3.92. The maximum atomic E-state index is 15.1. The van der Waals surface area contributed by atoms with E-state index in [1.807, 2.05) is 24.3 Å². The highest BCUT2D eigenvalue weighted by Crippen LogP contribution is 2.37. The minimum absolute atomic E-state index is 0.323. The van der Waals surface area contributed by atoms with Crippen LogP contribution in [0.1, 0.15) is 46.7 Å². The third-order valence-corrected chi connectivity index (χ3v) is 7.09. The molecule has 5 rings (SSSR count). The topological polar surface area (TPSA) is 102 Å². The summed E-state index contributed by atoms with van der Waals surface area (Å²) < 4.78 is 20.4. The Kier molecular flexibility index (Phi) is 5.57. The van der Waals surface area contributed by atoms with Crippen LogP contribution in [0.2, 0.25) is 5.15 Å². The van der Waals surface area contributed by atoms with Crippen molar-refractivity contribution in [2.75, 3.05) is 0 Å². The fraction of sp³-hybridized carbons (Fsp3) is 0.261. The molecule has 2 heterocycles. The van der Waals surface area contributed by atoms with Crippen LogP contribution in [0.4, 0.5) is 4.39 Å². The van der Waals surface area contributed by atoms with Crippen molar-refractivity contribution in [1.82, 2.24) is 30.0 Å². The molecule has 174 valence electrons. The van der Waals surface area contributed by atoms with Gasteiger partial charge in [-0.15, -0.1) is 5.10 Å². The van der Waals surface area contributed by atoms with Gasteiger partial charge in [0.1, 0.15) is 16.2 Å². The number of aryl methyl sites for hydroxylation is 1. The van der Waals surface area contributed by atoms with Crippen LogP contribution in [0.3, 0.4) is 0 Å². The maximum absolute atomic E-state index is 15.1. The van der Waals surface area contributed by atoms with E-state index in [0.29, 0.717) is 39.8 Å². The van der Waals surface area contributed by atoms with Gasteiger partial charge < -0.3 is 10.6 Å². The number of carbonyl (C=O) groups excluding carboxylic acids is 2. The predicted molar refractivity (Wildman–Crippen MR) is 127 cm³/mol. The van der Waals surface area contributed by atoms with Gasteiger partial charge in [-0.3, -0.25) is 9.59 Å². The smallest absolute Gasteiger partial charge is 0.265 e. The van der Waals surface area contributed by atoms with E-state index in [1.165, 1.54) is 6.07 Å². The van der Waals surface area contributed by atoms with Gasteiger partial charge in [0.2, 0.25) is 5.91 Å². The monoisotopic (exact) mass is 498 g/mol. The summed E-state index contributed by atoms with van der Waals surface area (Å²) in [5.74, 6) is -1.22. The molecule has 0 radical (unpaired) electrons. The Labute approximate surface area is 203 Å². The lowest BCUT2D eigenvalue weighted by Gasteiger charge is -2.21. The van der Waals surface area contributed by atoms with E-state index in [9.17, 15) is 9.59 Å². The second-order valence-corrected chi connectivity index (χ2v) is 9.46. The molecule has 1 aliphatic rings. The van der Waals surface area contributed by atoms with Crippen molar-refractivity contribution < 1.29 is 14.0 Å². The number of nitrogens with one attached hydrogen (secondary N) is 2. The van der Waals surface area contributed by atoms with Crippen LogP contribution in [-0.4, -0.2) is 36.7 Å². The molecule has 2 N–H and O–H groups in total. The van der Waals surface area contributed by atoms with Crippen LogP contribution in [0.25, 0.3) is 16.6 Å². The number of benzene rings is 2. The summed E-state index contributed by atoms with van der Waals surface area (Å²) in [5, 5.41) is 14.9. The molecule has 0 spiro atoms. The minimum atomic E-state index is -0.997. The molecular weight excluding hydrogens is 479 g/mol. The van der Waals surface area contributed by atoms with E-state index >= 15 is 4.39 Å². The number of hydrogen-bond donors (Lipinski definition) is 2. The molecule has 1 saturated carbocycles. The Hall–Kier alpha value is -3.37. The lowest BCUT2D eigenvalue weighted by Crippen LogP contribution is -2.49. The van der Waals surface area contributed by atoms with Gasteiger partial charge in [0.25, 0.3) is 5.91 Å². The Bertz CT molecular complexity index is 1430. The summed E-state index contributed by atoms with van der Waals surface area (Å²) in [6.07, 6.45) is 1.02. The molecular formula is C23H20ClFN6O2S. The van der Waals surface area contributed by atoms with Crippen molar-refractivity contribution in [1.29, 1.82) is 0 Å². The average molecular weight is 499 g/mol. The first kappa shape index (κ1) is 22.4. The van der Waals surface area contributed by atoms with Crippen molar-refractivity contribution in [3.8, 4) is 5.69 Å². The van der Waals surface area contributed by atoms with E-state index in [2.05, 4.69) is 25.3 Å². The van der Waals surface area contributed by atoms with Gasteiger partial charge in [-0.2, -0.15) is 5.10 Å². The van der Waals surface area contributed by atoms with Gasteiger partial charge >= 0.3 is 0 Å². The van der Waals surface area contributed by atoms with Crippen molar-refractivity contribution in [2.45, 2.75) is 38.3 Å². The molecule has 2 aromatic heterocycles. The Morgan fingerprint density at radius 3 is 2.68 bits per heavy atom. The zero-order valence-electron chi connectivity index (χ0n) is 18.3. The lowest BCUT2D eigenvalue weighted by molar-refractivity contribution is -0.124. The minimum Gasteiger partial charge on any atom is -0.347 e. The lowest BCUT2D eigenvalue weighted by atomic mass is 10.1. The third-order valence-electron chi connectivity index (χ3n) is 5.98. The van der Waals surface area contributed by atoms with E-state index < -0.39 is 17.4 Å². The second-order valence-electron chi connectivity index (χ2n) is 8.34. The fourth-order valence-corrected chi connectivity index (χ4v) is 4.67. The van der Waals surface area contributed by atoms with Crippen LogP contribution in [-0.2, 0) is 4.79 Å². The molecule has 0 saturated heterocycles. The molecule has 34 heavy (non-hydrogen) atoms. The van der Waals surface area contributed by atoms with Crippen LogP contribution >= 0.6 is 23.1 Å². The molecule has 11 heteroatoms. The summed E-state index contributed by atoms with van der Waals surface area (Å²) in [6, 6.07) is 11.5. The number of amides is 2. The Morgan fingerprint density at radius 1 is 1.24 bits per heavy atom. The molecule has 2 aromatic carbocycles. The molecule has 4 aromatic rings. The van der Waals surface area contributed by atoms with Crippen molar-refractivity contribution in [3.05, 3.63) is 69.6 Å². The first-order valence-electron chi connectivity index (χ1n) is 10.6. The van der Waals surface area contributed by atoms with E-state index in [4.69, 9.17) is 11.6 Å². The van der Waals surface area contributed by atoms with E-state index in [0.717, 1.165) is 22.4 Å².